The van der Waals surface area contributed by atoms with Crippen molar-refractivity contribution < 1.29 is 4.79 Å². The van der Waals surface area contributed by atoms with E-state index in [2.05, 4.69) is 34.6 Å². The maximum atomic E-state index is 12.1. The highest BCUT2D eigenvalue weighted by Crippen LogP contribution is 2.34. The fraction of sp³-hybridized carbons (Fsp3) is 0.333. The predicted octanol–water partition coefficient (Wildman–Crippen LogP) is 2.86. The fourth-order valence-corrected chi connectivity index (χ4v) is 3.03. The second-order valence-electron chi connectivity index (χ2n) is 5.56. The van der Waals surface area contributed by atoms with Crippen molar-refractivity contribution in [3.8, 4) is 0 Å². The van der Waals surface area contributed by atoms with Gasteiger partial charge in [0.15, 0.2) is 0 Å². The number of benzene rings is 1. The zero-order valence-corrected chi connectivity index (χ0v) is 12.1. The van der Waals surface area contributed by atoms with Crippen LogP contribution < -0.4 is 5.32 Å². The Bertz CT molecular complexity index is 610. The van der Waals surface area contributed by atoms with Gasteiger partial charge in [-0.15, -0.1) is 0 Å². The van der Waals surface area contributed by atoms with Crippen LogP contribution in [0.2, 0.25) is 0 Å². The summed E-state index contributed by atoms with van der Waals surface area (Å²) in [5.41, 5.74) is 3.78. The van der Waals surface area contributed by atoms with Gasteiger partial charge in [-0.1, -0.05) is 30.3 Å². The Balaban J connectivity index is 1.47. The number of nitrogens with zero attached hydrogens (tertiary/aromatic N) is 1. The predicted molar refractivity (Wildman–Crippen MR) is 83.1 cm³/mol. The van der Waals surface area contributed by atoms with E-state index in [1.54, 1.807) is 6.20 Å². The van der Waals surface area contributed by atoms with Crippen LogP contribution in [-0.4, -0.2) is 17.4 Å². The standard InChI is InChI=1S/C18H20N2O/c21-18(20-12-10-16-6-3-4-11-19-16)13-15-9-8-14-5-1-2-7-17(14)15/h1-7,11,15H,8-10,12-13H2,(H,20,21). The largest absolute Gasteiger partial charge is 0.356 e. The molecule has 0 saturated heterocycles. The summed E-state index contributed by atoms with van der Waals surface area (Å²) in [7, 11) is 0. The molecule has 1 amide bonds. The first-order chi connectivity index (χ1) is 10.3. The fourth-order valence-electron chi connectivity index (χ4n) is 3.03. The Labute approximate surface area is 125 Å². The lowest BCUT2D eigenvalue weighted by Crippen LogP contribution is -2.27. The van der Waals surface area contributed by atoms with Crippen LogP contribution in [-0.2, 0) is 17.6 Å². The normalized spacial score (nSPS) is 16.5. The first-order valence-electron chi connectivity index (χ1n) is 7.57. The molecule has 1 N–H and O–H groups in total. The van der Waals surface area contributed by atoms with Gasteiger partial charge in [-0.05, 0) is 42.0 Å². The van der Waals surface area contributed by atoms with E-state index in [-0.39, 0.29) is 5.91 Å². The Morgan fingerprint density at radius 1 is 1.19 bits per heavy atom. The number of rotatable bonds is 5. The molecular weight excluding hydrogens is 260 g/mol. The zero-order valence-electron chi connectivity index (χ0n) is 12.1. The molecule has 1 atom stereocenters. The van der Waals surface area contributed by atoms with E-state index >= 15 is 0 Å². The van der Waals surface area contributed by atoms with Crippen LogP contribution in [0.3, 0.4) is 0 Å². The molecule has 0 saturated carbocycles. The third-order valence-corrected chi connectivity index (χ3v) is 4.12. The van der Waals surface area contributed by atoms with E-state index in [4.69, 9.17) is 0 Å². The molecule has 108 valence electrons. The minimum absolute atomic E-state index is 0.146. The second kappa shape index (κ2) is 6.53. The van der Waals surface area contributed by atoms with Gasteiger partial charge in [-0.3, -0.25) is 9.78 Å². The van der Waals surface area contributed by atoms with E-state index in [9.17, 15) is 4.79 Å². The molecular formula is C18H20N2O. The van der Waals surface area contributed by atoms with Crippen molar-refractivity contribution >= 4 is 5.91 Å². The van der Waals surface area contributed by atoms with Crippen LogP contribution in [0.4, 0.5) is 0 Å². The van der Waals surface area contributed by atoms with Gasteiger partial charge in [0.2, 0.25) is 5.91 Å². The molecule has 3 heteroatoms. The second-order valence-corrected chi connectivity index (χ2v) is 5.56. The highest BCUT2D eigenvalue weighted by Gasteiger charge is 2.23. The summed E-state index contributed by atoms with van der Waals surface area (Å²) in [5, 5.41) is 3.01. The molecule has 21 heavy (non-hydrogen) atoms. The monoisotopic (exact) mass is 280 g/mol. The third kappa shape index (κ3) is 3.48. The number of amides is 1. The van der Waals surface area contributed by atoms with Crippen molar-refractivity contribution in [1.82, 2.24) is 10.3 Å². The van der Waals surface area contributed by atoms with Gasteiger partial charge in [0.1, 0.15) is 0 Å². The van der Waals surface area contributed by atoms with Gasteiger partial charge < -0.3 is 5.32 Å². The number of aromatic nitrogens is 1. The van der Waals surface area contributed by atoms with E-state index in [1.807, 2.05) is 18.2 Å². The Hall–Kier alpha value is -2.16. The third-order valence-electron chi connectivity index (χ3n) is 4.12. The number of nitrogens with one attached hydrogen (secondary N) is 1. The lowest BCUT2D eigenvalue weighted by Gasteiger charge is -2.11. The molecule has 3 rings (SSSR count). The van der Waals surface area contributed by atoms with Crippen molar-refractivity contribution in [2.75, 3.05) is 6.54 Å². The molecule has 3 nitrogen and oxygen atoms in total. The Morgan fingerprint density at radius 3 is 2.90 bits per heavy atom. The maximum absolute atomic E-state index is 12.1. The zero-order chi connectivity index (χ0) is 14.5. The molecule has 0 fully saturated rings. The van der Waals surface area contributed by atoms with Crippen LogP contribution in [0.25, 0.3) is 0 Å². The van der Waals surface area contributed by atoms with E-state index < -0.39 is 0 Å². The van der Waals surface area contributed by atoms with Crippen molar-refractivity contribution in [3.05, 3.63) is 65.5 Å². The van der Waals surface area contributed by atoms with Crippen LogP contribution in [0, 0.1) is 0 Å². The lowest BCUT2D eigenvalue weighted by atomic mass is 9.97. The highest BCUT2D eigenvalue weighted by molar-refractivity contribution is 5.77. The highest BCUT2D eigenvalue weighted by atomic mass is 16.1. The van der Waals surface area contributed by atoms with Crippen LogP contribution in [0.1, 0.15) is 35.6 Å². The van der Waals surface area contributed by atoms with Crippen LogP contribution in [0.15, 0.2) is 48.7 Å². The minimum Gasteiger partial charge on any atom is -0.356 e. The molecule has 0 bridgehead atoms. The average molecular weight is 280 g/mol. The summed E-state index contributed by atoms with van der Waals surface area (Å²) in [6.07, 6.45) is 5.36. The van der Waals surface area contributed by atoms with Gasteiger partial charge in [0.05, 0.1) is 0 Å². The number of aryl methyl sites for hydroxylation is 1. The summed E-state index contributed by atoms with van der Waals surface area (Å²) in [6.45, 7) is 0.657. The minimum atomic E-state index is 0.146. The molecule has 1 aromatic carbocycles. The van der Waals surface area contributed by atoms with E-state index in [0.29, 0.717) is 18.9 Å². The van der Waals surface area contributed by atoms with Gasteiger partial charge in [-0.25, -0.2) is 0 Å². The van der Waals surface area contributed by atoms with Crippen LogP contribution >= 0.6 is 0 Å². The topological polar surface area (TPSA) is 42.0 Å². The van der Waals surface area contributed by atoms with Gasteiger partial charge >= 0.3 is 0 Å². The summed E-state index contributed by atoms with van der Waals surface area (Å²) in [6, 6.07) is 14.3. The molecule has 1 unspecified atom stereocenters. The summed E-state index contributed by atoms with van der Waals surface area (Å²) in [5.74, 6) is 0.531. The van der Waals surface area contributed by atoms with Crippen LogP contribution in [0.5, 0.6) is 0 Å². The first-order valence-corrected chi connectivity index (χ1v) is 7.57. The van der Waals surface area contributed by atoms with Gasteiger partial charge in [0, 0.05) is 31.3 Å². The molecule has 0 aliphatic heterocycles. The summed E-state index contributed by atoms with van der Waals surface area (Å²) in [4.78, 5) is 16.3. The molecule has 1 aromatic heterocycles. The van der Waals surface area contributed by atoms with Crippen molar-refractivity contribution in [1.29, 1.82) is 0 Å². The summed E-state index contributed by atoms with van der Waals surface area (Å²) >= 11 is 0. The van der Waals surface area contributed by atoms with E-state index in [0.717, 1.165) is 25.0 Å². The number of hydrogen-bond donors (Lipinski definition) is 1. The number of fused-ring (bicyclic) bond motifs is 1. The first kappa shape index (κ1) is 13.8. The molecule has 0 radical (unpaired) electrons. The van der Waals surface area contributed by atoms with Crippen molar-refractivity contribution in [2.45, 2.75) is 31.6 Å². The molecule has 2 aromatic rings. The quantitative estimate of drug-likeness (QED) is 0.915. The molecule has 1 aliphatic rings. The molecule has 0 spiro atoms. The Kier molecular flexibility index (Phi) is 4.29. The van der Waals surface area contributed by atoms with Gasteiger partial charge in [0.25, 0.3) is 0 Å². The molecule has 1 aliphatic carbocycles. The summed E-state index contributed by atoms with van der Waals surface area (Å²) < 4.78 is 0. The average Bonchev–Trinajstić information content (AvgIpc) is 2.92. The number of pyridine rings is 1. The number of hydrogen-bond acceptors (Lipinski definition) is 2. The maximum Gasteiger partial charge on any atom is 0.220 e. The lowest BCUT2D eigenvalue weighted by molar-refractivity contribution is -0.121. The van der Waals surface area contributed by atoms with Crippen molar-refractivity contribution in [3.63, 3.8) is 0 Å². The number of carbonyl (C=O) groups excluding carboxylic acids is 1. The SMILES string of the molecule is O=C(CC1CCc2ccccc21)NCCc1ccccn1. The van der Waals surface area contributed by atoms with E-state index in [1.165, 1.54) is 11.1 Å². The van der Waals surface area contributed by atoms with Gasteiger partial charge in [-0.2, -0.15) is 0 Å². The van der Waals surface area contributed by atoms with Crippen molar-refractivity contribution in [2.24, 2.45) is 0 Å². The smallest absolute Gasteiger partial charge is 0.220 e. The molecule has 1 heterocycles. The number of carbonyl (C=O) groups is 1. The Morgan fingerprint density at radius 2 is 2.05 bits per heavy atom.